The van der Waals surface area contributed by atoms with Gasteiger partial charge in [0.1, 0.15) is 5.82 Å². The van der Waals surface area contributed by atoms with Crippen LogP contribution in [0.25, 0.3) is 0 Å². The summed E-state index contributed by atoms with van der Waals surface area (Å²) in [5.74, 6) is -0.00614. The largest absolute Gasteiger partial charge is 0.389 e. The zero-order valence-corrected chi connectivity index (χ0v) is 17.0. The minimum atomic E-state index is -0.266. The summed E-state index contributed by atoms with van der Waals surface area (Å²) in [6, 6.07) is 10.8. The third kappa shape index (κ3) is 5.28. The average molecular weight is 415 g/mol. The van der Waals surface area contributed by atoms with Crippen molar-refractivity contribution in [3.63, 3.8) is 0 Å². The fourth-order valence-electron chi connectivity index (χ4n) is 3.51. The molecule has 0 aliphatic carbocycles. The van der Waals surface area contributed by atoms with Crippen molar-refractivity contribution >= 4 is 18.1 Å². The number of halogens is 2. The van der Waals surface area contributed by atoms with Crippen molar-refractivity contribution in [3.8, 4) is 0 Å². The maximum atomic E-state index is 13.2. The Bertz CT molecular complexity index is 933. The fraction of sp³-hybridized carbons (Fsp3) is 0.318. The Balaban J connectivity index is 0.00000240. The topological polar surface area (TPSA) is 62.1 Å². The van der Waals surface area contributed by atoms with Crippen LogP contribution in [0.1, 0.15) is 35.5 Å². The van der Waals surface area contributed by atoms with E-state index in [1.807, 2.05) is 12.1 Å². The van der Waals surface area contributed by atoms with Gasteiger partial charge in [0.05, 0.1) is 11.8 Å². The number of anilines is 1. The second-order valence-corrected chi connectivity index (χ2v) is 7.40. The Morgan fingerprint density at radius 1 is 1.10 bits per heavy atom. The third-order valence-electron chi connectivity index (χ3n) is 5.08. The van der Waals surface area contributed by atoms with Gasteiger partial charge in [0, 0.05) is 55.2 Å². The van der Waals surface area contributed by atoms with Crippen LogP contribution in [0.4, 0.5) is 10.1 Å². The van der Waals surface area contributed by atoms with Crippen LogP contribution in [-0.2, 0) is 12.8 Å². The zero-order valence-electron chi connectivity index (χ0n) is 16.2. The molecule has 0 spiro atoms. The number of aliphatic hydroxyl groups excluding tert-OH is 1. The summed E-state index contributed by atoms with van der Waals surface area (Å²) >= 11 is 0. The van der Waals surface area contributed by atoms with E-state index in [9.17, 15) is 9.50 Å². The summed E-state index contributed by atoms with van der Waals surface area (Å²) in [7, 11) is 0. The lowest BCUT2D eigenvalue weighted by Gasteiger charge is -2.38. The molecule has 3 heterocycles. The summed E-state index contributed by atoms with van der Waals surface area (Å²) in [6.45, 7) is 3.40. The van der Waals surface area contributed by atoms with Crippen LogP contribution >= 0.6 is 12.4 Å². The maximum absolute atomic E-state index is 13.2. The van der Waals surface area contributed by atoms with Crippen LogP contribution in [0.15, 0.2) is 55.0 Å². The molecule has 0 radical (unpaired) electrons. The maximum Gasteiger partial charge on any atom is 0.123 e. The summed E-state index contributed by atoms with van der Waals surface area (Å²) < 4.78 is 13.2. The summed E-state index contributed by atoms with van der Waals surface area (Å²) in [5.41, 5.74) is 4.94. The van der Waals surface area contributed by atoms with Gasteiger partial charge >= 0.3 is 0 Å². The van der Waals surface area contributed by atoms with Gasteiger partial charge in [-0.25, -0.2) is 4.39 Å². The van der Waals surface area contributed by atoms with Crippen molar-refractivity contribution < 1.29 is 9.50 Å². The van der Waals surface area contributed by atoms with Gasteiger partial charge in [-0.3, -0.25) is 15.0 Å². The summed E-state index contributed by atoms with van der Waals surface area (Å²) in [4.78, 5) is 15.5. The van der Waals surface area contributed by atoms with E-state index < -0.39 is 0 Å². The molecule has 0 saturated carbocycles. The van der Waals surface area contributed by atoms with Gasteiger partial charge in [0.15, 0.2) is 0 Å². The predicted octanol–water partition coefficient (Wildman–Crippen LogP) is 3.55. The van der Waals surface area contributed by atoms with E-state index >= 15 is 0 Å². The molecule has 7 heteroatoms. The van der Waals surface area contributed by atoms with Crippen molar-refractivity contribution in [1.29, 1.82) is 0 Å². The number of β-amino-alcohol motifs (C(OH)–C–C–N with tert-alkyl or cyclic N) is 1. The second kappa shape index (κ2) is 9.29. The van der Waals surface area contributed by atoms with E-state index in [4.69, 9.17) is 4.98 Å². The second-order valence-electron chi connectivity index (χ2n) is 7.40. The molecule has 0 bridgehead atoms. The molecule has 152 valence electrons. The number of nitrogens with zero attached hydrogens (tertiary/aromatic N) is 4. The lowest BCUT2D eigenvalue weighted by atomic mass is 9.95. The van der Waals surface area contributed by atoms with Gasteiger partial charge in [-0.1, -0.05) is 19.1 Å². The molecule has 2 aromatic heterocycles. The molecule has 1 saturated heterocycles. The smallest absolute Gasteiger partial charge is 0.123 e. The first-order valence-electron chi connectivity index (χ1n) is 9.50. The minimum absolute atomic E-state index is 0. The number of rotatable bonds is 6. The molecular formula is C22H24ClFN4O. The molecule has 1 aliphatic heterocycles. The van der Waals surface area contributed by atoms with E-state index in [0.717, 1.165) is 34.8 Å². The lowest BCUT2D eigenvalue weighted by Crippen LogP contribution is -2.50. The average Bonchev–Trinajstić information content (AvgIpc) is 2.66. The minimum Gasteiger partial charge on any atom is -0.389 e. The molecular weight excluding hydrogens is 391 g/mol. The first-order valence-corrected chi connectivity index (χ1v) is 9.50. The Morgan fingerprint density at radius 3 is 2.48 bits per heavy atom. The van der Waals surface area contributed by atoms with Crippen LogP contribution in [0, 0.1) is 5.82 Å². The molecule has 0 unspecified atom stereocenters. The highest BCUT2D eigenvalue weighted by molar-refractivity contribution is 5.85. The number of benzene rings is 1. The van der Waals surface area contributed by atoms with Crippen LogP contribution < -0.4 is 4.90 Å². The number of aromatic nitrogens is 3. The molecule has 1 aromatic carbocycles. The molecule has 1 aliphatic rings. The van der Waals surface area contributed by atoms with E-state index in [2.05, 4.69) is 33.9 Å². The number of hydrogen-bond acceptors (Lipinski definition) is 5. The summed E-state index contributed by atoms with van der Waals surface area (Å²) in [5, 5.41) is 9.66. The monoisotopic (exact) mass is 414 g/mol. The van der Waals surface area contributed by atoms with Crippen molar-refractivity contribution in [2.24, 2.45) is 0 Å². The Hall–Kier alpha value is -2.57. The first-order chi connectivity index (χ1) is 13.6. The molecule has 1 atom stereocenters. The highest BCUT2D eigenvalue weighted by Crippen LogP contribution is 2.26. The molecule has 0 amide bonds. The molecule has 3 aromatic rings. The van der Waals surface area contributed by atoms with Gasteiger partial charge in [0.2, 0.25) is 0 Å². The standard InChI is InChI=1S/C22H23FN4O.ClH/c1-15(16-2-4-17(23)5-3-16)8-18-10-21(27-13-22(28)14-27)11-19(26-18)9-20-12-24-6-7-25-20;/h2-7,10-12,15,22,28H,8-9,13-14H2,1H3;1H/t15-;/m1./s1. The van der Waals surface area contributed by atoms with Crippen LogP contribution in [0.2, 0.25) is 0 Å². The fourth-order valence-corrected chi connectivity index (χ4v) is 3.51. The van der Waals surface area contributed by atoms with Crippen molar-refractivity contribution in [2.45, 2.75) is 31.8 Å². The zero-order chi connectivity index (χ0) is 19.5. The van der Waals surface area contributed by atoms with E-state index in [1.165, 1.54) is 12.1 Å². The quantitative estimate of drug-likeness (QED) is 0.668. The van der Waals surface area contributed by atoms with E-state index in [1.54, 1.807) is 18.6 Å². The third-order valence-corrected chi connectivity index (χ3v) is 5.08. The normalized spacial score (nSPS) is 14.8. The van der Waals surface area contributed by atoms with Gasteiger partial charge in [0.25, 0.3) is 0 Å². The highest BCUT2D eigenvalue weighted by atomic mass is 35.5. The van der Waals surface area contributed by atoms with Gasteiger partial charge < -0.3 is 10.0 Å². The number of aliphatic hydroxyl groups is 1. The molecule has 4 rings (SSSR count). The van der Waals surface area contributed by atoms with Crippen molar-refractivity contribution in [3.05, 3.63) is 83.5 Å². The van der Waals surface area contributed by atoms with Gasteiger partial charge in [-0.05, 0) is 42.2 Å². The van der Waals surface area contributed by atoms with E-state index in [0.29, 0.717) is 19.5 Å². The molecule has 29 heavy (non-hydrogen) atoms. The first kappa shape index (κ1) is 21.1. The van der Waals surface area contributed by atoms with Crippen LogP contribution in [0.5, 0.6) is 0 Å². The highest BCUT2D eigenvalue weighted by Gasteiger charge is 2.25. The van der Waals surface area contributed by atoms with Crippen LogP contribution in [0.3, 0.4) is 0 Å². The summed E-state index contributed by atoms with van der Waals surface area (Å²) in [6.07, 6.45) is 6.19. The Kier molecular flexibility index (Phi) is 6.77. The number of hydrogen-bond donors (Lipinski definition) is 1. The SMILES string of the molecule is C[C@H](Cc1cc(N2CC(O)C2)cc(Cc2cnccn2)n1)c1ccc(F)cc1.Cl. The molecule has 1 N–H and O–H groups in total. The molecule has 1 fully saturated rings. The predicted molar refractivity (Wildman–Crippen MR) is 113 cm³/mol. The molecule has 5 nitrogen and oxygen atoms in total. The van der Waals surface area contributed by atoms with E-state index in [-0.39, 0.29) is 30.2 Å². The van der Waals surface area contributed by atoms with Gasteiger partial charge in [-0.15, -0.1) is 12.4 Å². The Labute approximate surface area is 176 Å². The Morgan fingerprint density at radius 2 is 1.83 bits per heavy atom. The van der Waals surface area contributed by atoms with Gasteiger partial charge in [-0.2, -0.15) is 0 Å². The van der Waals surface area contributed by atoms with Crippen LogP contribution in [-0.4, -0.2) is 39.3 Å². The van der Waals surface area contributed by atoms with Crippen molar-refractivity contribution in [1.82, 2.24) is 15.0 Å². The lowest BCUT2D eigenvalue weighted by molar-refractivity contribution is 0.142. The van der Waals surface area contributed by atoms with Crippen molar-refractivity contribution in [2.75, 3.05) is 18.0 Å². The number of pyridine rings is 1.